The zero-order valence-electron chi connectivity index (χ0n) is 27.3. The molecule has 3 N–H and O–H groups in total. The maximum atomic E-state index is 13.7. The summed E-state index contributed by atoms with van der Waals surface area (Å²) in [5, 5.41) is 8.34. The highest BCUT2D eigenvalue weighted by molar-refractivity contribution is 8.00. The highest BCUT2D eigenvalue weighted by Crippen LogP contribution is 2.39. The number of hydrogen-bond donors (Lipinski definition) is 3. The number of ether oxygens (including phenoxy) is 3. The van der Waals surface area contributed by atoms with E-state index in [0.717, 1.165) is 21.7 Å². The van der Waals surface area contributed by atoms with Crippen molar-refractivity contribution in [2.45, 2.75) is 37.3 Å². The molecule has 0 aliphatic carbocycles. The van der Waals surface area contributed by atoms with Crippen LogP contribution in [0.25, 0.3) is 6.08 Å². The molecule has 0 aliphatic rings. The van der Waals surface area contributed by atoms with Crippen molar-refractivity contribution >= 4 is 46.9 Å². The van der Waals surface area contributed by atoms with Crippen molar-refractivity contribution in [1.82, 2.24) is 5.32 Å². The summed E-state index contributed by atoms with van der Waals surface area (Å²) in [6, 6.07) is 25.1. The molecule has 0 aliphatic heterocycles. The quantitative estimate of drug-likeness (QED) is 0.103. The van der Waals surface area contributed by atoms with E-state index < -0.39 is 11.8 Å². The van der Waals surface area contributed by atoms with Gasteiger partial charge in [-0.05, 0) is 91.6 Å². The fourth-order valence-corrected chi connectivity index (χ4v) is 5.72. The highest BCUT2D eigenvalue weighted by atomic mass is 32.2. The molecule has 244 valence electrons. The lowest BCUT2D eigenvalue weighted by molar-refractivity contribution is -0.116. The Balaban J connectivity index is 1.59. The lowest BCUT2D eigenvalue weighted by atomic mass is 10.1. The molecule has 1 atom stereocenters. The van der Waals surface area contributed by atoms with Crippen molar-refractivity contribution in [3.05, 3.63) is 113 Å². The van der Waals surface area contributed by atoms with Gasteiger partial charge in [0.1, 0.15) is 5.70 Å². The number of carbonyl (C=O) groups is 3. The number of rotatable bonds is 13. The minimum absolute atomic E-state index is 0.00878. The van der Waals surface area contributed by atoms with Gasteiger partial charge < -0.3 is 30.2 Å². The second kappa shape index (κ2) is 16.4. The molecule has 4 aromatic carbocycles. The molecule has 0 saturated heterocycles. The molecule has 1 unspecified atom stereocenters. The molecule has 9 nitrogen and oxygen atoms in total. The first-order chi connectivity index (χ1) is 22.6. The summed E-state index contributed by atoms with van der Waals surface area (Å²) in [5.41, 5.74) is 4.25. The molecule has 0 bridgehead atoms. The molecule has 4 aromatic rings. The predicted molar refractivity (Wildman–Crippen MR) is 188 cm³/mol. The van der Waals surface area contributed by atoms with Gasteiger partial charge in [-0.2, -0.15) is 0 Å². The van der Waals surface area contributed by atoms with Crippen molar-refractivity contribution in [1.29, 1.82) is 0 Å². The van der Waals surface area contributed by atoms with Gasteiger partial charge in [-0.25, -0.2) is 0 Å². The number of benzene rings is 4. The van der Waals surface area contributed by atoms with Crippen LogP contribution in [0.3, 0.4) is 0 Å². The second-order valence-corrected chi connectivity index (χ2v) is 11.9. The van der Waals surface area contributed by atoms with Crippen molar-refractivity contribution in [3.8, 4) is 17.2 Å². The highest BCUT2D eigenvalue weighted by Gasteiger charge is 2.21. The van der Waals surface area contributed by atoms with Gasteiger partial charge in [0.05, 0.1) is 26.6 Å². The molecule has 47 heavy (non-hydrogen) atoms. The van der Waals surface area contributed by atoms with Gasteiger partial charge in [-0.15, -0.1) is 11.8 Å². The van der Waals surface area contributed by atoms with E-state index in [1.54, 1.807) is 60.7 Å². The molecule has 3 amide bonds. The first-order valence-electron chi connectivity index (χ1n) is 15.0. The summed E-state index contributed by atoms with van der Waals surface area (Å²) in [5.74, 6) is 0.0797. The van der Waals surface area contributed by atoms with Crippen LogP contribution < -0.4 is 30.2 Å². The van der Waals surface area contributed by atoms with E-state index in [1.807, 2.05) is 45.0 Å². The largest absolute Gasteiger partial charge is 0.493 e. The zero-order valence-corrected chi connectivity index (χ0v) is 28.1. The molecule has 0 heterocycles. The smallest absolute Gasteiger partial charge is 0.272 e. The molecule has 0 saturated carbocycles. The van der Waals surface area contributed by atoms with Gasteiger partial charge >= 0.3 is 0 Å². The van der Waals surface area contributed by atoms with Crippen LogP contribution in [0, 0.1) is 13.8 Å². The zero-order chi connectivity index (χ0) is 33.9. The summed E-state index contributed by atoms with van der Waals surface area (Å²) < 4.78 is 16.4. The first kappa shape index (κ1) is 34.6. The normalized spacial score (nSPS) is 11.7. The lowest BCUT2D eigenvalue weighted by Crippen LogP contribution is -2.30. The third-order valence-corrected chi connectivity index (χ3v) is 8.57. The van der Waals surface area contributed by atoms with Crippen LogP contribution in [0.4, 0.5) is 11.4 Å². The average Bonchev–Trinajstić information content (AvgIpc) is 3.08. The molecule has 4 rings (SSSR count). The number of anilines is 2. The Kier molecular flexibility index (Phi) is 12.1. The van der Waals surface area contributed by atoms with Gasteiger partial charge in [-0.1, -0.05) is 43.3 Å². The van der Waals surface area contributed by atoms with Crippen LogP contribution in [-0.2, 0) is 9.59 Å². The van der Waals surface area contributed by atoms with Crippen LogP contribution in [0.15, 0.2) is 95.5 Å². The molecule has 10 heteroatoms. The minimum Gasteiger partial charge on any atom is -0.493 e. The number of carbonyl (C=O) groups excluding carboxylic acids is 3. The van der Waals surface area contributed by atoms with Crippen molar-refractivity contribution < 1.29 is 28.6 Å². The number of nitrogens with one attached hydrogen (secondary N) is 3. The van der Waals surface area contributed by atoms with E-state index in [-0.39, 0.29) is 16.9 Å². The molecular formula is C37H39N3O6S. The van der Waals surface area contributed by atoms with Gasteiger partial charge in [-0.3, -0.25) is 14.4 Å². The minimum atomic E-state index is -0.551. The van der Waals surface area contributed by atoms with Crippen LogP contribution in [0.2, 0.25) is 0 Å². The first-order valence-corrected chi connectivity index (χ1v) is 15.9. The topological polar surface area (TPSA) is 115 Å². The maximum absolute atomic E-state index is 13.7. The Morgan fingerprint density at radius 2 is 1.51 bits per heavy atom. The Bertz CT molecular complexity index is 1750. The summed E-state index contributed by atoms with van der Waals surface area (Å²) in [6.07, 6.45) is 2.13. The Hall–Kier alpha value is -5.22. The molecular weight excluding hydrogens is 614 g/mol. The maximum Gasteiger partial charge on any atom is 0.272 e. The van der Waals surface area contributed by atoms with E-state index in [1.165, 1.54) is 39.2 Å². The third-order valence-electron chi connectivity index (χ3n) is 7.21. The van der Waals surface area contributed by atoms with Crippen LogP contribution in [-0.4, -0.2) is 44.3 Å². The van der Waals surface area contributed by atoms with Crippen molar-refractivity contribution in [2.24, 2.45) is 0 Å². The van der Waals surface area contributed by atoms with E-state index in [9.17, 15) is 14.4 Å². The number of methoxy groups -OCH3 is 3. The van der Waals surface area contributed by atoms with Crippen molar-refractivity contribution in [3.63, 3.8) is 0 Å². The van der Waals surface area contributed by atoms with E-state index in [2.05, 4.69) is 16.0 Å². The number of hydrogen-bond acceptors (Lipinski definition) is 7. The average molecular weight is 654 g/mol. The second-order valence-electron chi connectivity index (χ2n) is 10.6. The SMILES string of the molecule is CCC(Sc1cccc(NC(=O)/C(=C\c2cc(OC)c(OC)c(OC)c2)NC(=O)c2ccccc2)c1)C(=O)Nc1cc(C)ccc1C. The van der Waals surface area contributed by atoms with Crippen molar-refractivity contribution in [2.75, 3.05) is 32.0 Å². The molecule has 0 radical (unpaired) electrons. The summed E-state index contributed by atoms with van der Waals surface area (Å²) in [6.45, 7) is 5.91. The summed E-state index contributed by atoms with van der Waals surface area (Å²) in [7, 11) is 4.50. The monoisotopic (exact) mass is 653 g/mol. The van der Waals surface area contributed by atoms with E-state index in [4.69, 9.17) is 14.2 Å². The molecule has 0 fully saturated rings. The van der Waals surface area contributed by atoms with Gasteiger partial charge in [0.25, 0.3) is 11.8 Å². The third kappa shape index (κ3) is 9.17. The summed E-state index contributed by atoms with van der Waals surface area (Å²) in [4.78, 5) is 40.9. The number of amides is 3. The van der Waals surface area contributed by atoms with Gasteiger partial charge in [0, 0.05) is 21.8 Å². The molecule has 0 aromatic heterocycles. The summed E-state index contributed by atoms with van der Waals surface area (Å²) >= 11 is 1.41. The Morgan fingerprint density at radius 1 is 0.809 bits per heavy atom. The standard InChI is InChI=1S/C37H39N3O6S/c1-7-33(37(43)39-29-18-23(2)16-17-24(29)3)47-28-15-11-14-27(22-28)38-36(42)30(40-35(41)26-12-9-8-10-13-26)19-25-20-31(44-4)34(46-6)32(21-25)45-5/h8-22,33H,7H2,1-6H3,(H,38,42)(H,39,43)(H,40,41)/b30-19+. The van der Waals surface area contributed by atoms with Gasteiger partial charge in [0.15, 0.2) is 11.5 Å². The fraction of sp³-hybridized carbons (Fsp3) is 0.216. The fourth-order valence-electron chi connectivity index (χ4n) is 4.71. The van der Waals surface area contributed by atoms with E-state index in [0.29, 0.717) is 40.5 Å². The van der Waals surface area contributed by atoms with Crippen LogP contribution in [0.5, 0.6) is 17.2 Å². The van der Waals surface area contributed by atoms with Crippen LogP contribution in [0.1, 0.15) is 40.4 Å². The molecule has 0 spiro atoms. The number of thioether (sulfide) groups is 1. The van der Waals surface area contributed by atoms with Gasteiger partial charge in [0.2, 0.25) is 11.7 Å². The Labute approximate surface area is 279 Å². The Morgan fingerprint density at radius 3 is 2.15 bits per heavy atom. The lowest BCUT2D eigenvalue weighted by Gasteiger charge is -2.17. The van der Waals surface area contributed by atoms with E-state index >= 15 is 0 Å². The predicted octanol–water partition coefficient (Wildman–Crippen LogP) is 7.25. The van der Waals surface area contributed by atoms with Crippen LogP contribution >= 0.6 is 11.8 Å². The number of aryl methyl sites for hydroxylation is 2.